The van der Waals surface area contributed by atoms with Crippen LogP contribution in [0, 0.1) is 0 Å². The Morgan fingerprint density at radius 1 is 0.791 bits per heavy atom. The Kier molecular flexibility index (Phi) is 12.2. The number of aliphatic carboxylic acids is 1. The molecule has 13 heteroatoms. The van der Waals surface area contributed by atoms with E-state index in [1.54, 1.807) is 6.20 Å². The summed E-state index contributed by atoms with van der Waals surface area (Å²) < 4.78 is 0. The summed E-state index contributed by atoms with van der Waals surface area (Å²) in [7, 11) is 0. The quantitative estimate of drug-likeness (QED) is 0.0975. The summed E-state index contributed by atoms with van der Waals surface area (Å²) in [6.07, 6.45) is 2.65. The van der Waals surface area contributed by atoms with Gasteiger partial charge in [0.25, 0.3) is 0 Å². The van der Waals surface area contributed by atoms with Crippen LogP contribution in [0.4, 0.5) is 0 Å². The minimum atomic E-state index is -1.59. The molecule has 230 valence electrons. The van der Waals surface area contributed by atoms with Gasteiger partial charge in [-0.05, 0) is 49.4 Å². The van der Waals surface area contributed by atoms with E-state index in [9.17, 15) is 29.1 Å². The maximum atomic E-state index is 13.6. The summed E-state index contributed by atoms with van der Waals surface area (Å²) in [6, 6.07) is 11.7. The molecule has 11 N–H and O–H groups in total. The zero-order valence-corrected chi connectivity index (χ0v) is 23.8. The predicted octanol–water partition coefficient (Wildman–Crippen LogP) is -0.176. The molecule has 0 spiro atoms. The van der Waals surface area contributed by atoms with Gasteiger partial charge in [-0.3, -0.25) is 19.2 Å². The lowest BCUT2D eigenvalue weighted by Crippen LogP contribution is -2.58. The van der Waals surface area contributed by atoms with Crippen LogP contribution >= 0.6 is 0 Å². The number of unbranched alkanes of at least 4 members (excludes halogenated alkanes) is 1. The van der Waals surface area contributed by atoms with Crippen molar-refractivity contribution < 1.29 is 29.1 Å². The second-order valence-corrected chi connectivity index (χ2v) is 10.3. The van der Waals surface area contributed by atoms with E-state index in [1.807, 2.05) is 54.6 Å². The summed E-state index contributed by atoms with van der Waals surface area (Å²) in [5.41, 5.74) is 19.3. The molecule has 13 nitrogen and oxygen atoms in total. The summed E-state index contributed by atoms with van der Waals surface area (Å²) in [5.74, 6) is -4.40. The van der Waals surface area contributed by atoms with Gasteiger partial charge in [0.05, 0.1) is 12.5 Å². The van der Waals surface area contributed by atoms with Gasteiger partial charge in [-0.25, -0.2) is 4.79 Å². The molecule has 3 rings (SSSR count). The minimum Gasteiger partial charge on any atom is -0.480 e. The first-order valence-electron chi connectivity index (χ1n) is 14.1. The molecule has 1 aromatic heterocycles. The van der Waals surface area contributed by atoms with Crippen LogP contribution in [0.5, 0.6) is 0 Å². The fraction of sp³-hybridized carbons (Fsp3) is 0.367. The lowest BCUT2D eigenvalue weighted by atomic mass is 10.0. The number of H-pyrrole nitrogens is 1. The molecule has 3 aromatic rings. The Hall–Kier alpha value is -4.75. The highest BCUT2D eigenvalue weighted by Crippen LogP contribution is 2.19. The average Bonchev–Trinajstić information content (AvgIpc) is 3.38. The first-order chi connectivity index (χ1) is 20.6. The standard InChI is InChI=1S/C30H39N7O6/c31-13-7-6-12-23(35-27(39)21(32)14-18-8-2-1-3-9-18)28(40)36-24(29(41)37-25(30(42)43)16-26(33)38)15-19-17-34-22-11-5-4-10-20(19)22/h1-5,8-11,17,21,23-25,34H,6-7,12-16,31-32H2,(H2,33,38)(H,35,39)(H,36,40)(H,37,41)(H,42,43). The van der Waals surface area contributed by atoms with Gasteiger partial charge in [0.2, 0.25) is 23.6 Å². The van der Waals surface area contributed by atoms with Crippen molar-refractivity contribution in [2.75, 3.05) is 6.54 Å². The molecule has 0 radical (unpaired) electrons. The predicted molar refractivity (Wildman–Crippen MR) is 160 cm³/mol. The molecule has 2 aromatic carbocycles. The van der Waals surface area contributed by atoms with Gasteiger partial charge in [-0.15, -0.1) is 0 Å². The highest BCUT2D eigenvalue weighted by atomic mass is 16.4. The van der Waals surface area contributed by atoms with Gasteiger partial charge < -0.3 is 43.2 Å². The second-order valence-electron chi connectivity index (χ2n) is 10.3. The van der Waals surface area contributed by atoms with Crippen LogP contribution in [0.25, 0.3) is 10.9 Å². The zero-order valence-electron chi connectivity index (χ0n) is 23.8. The van der Waals surface area contributed by atoms with E-state index < -0.39 is 60.2 Å². The van der Waals surface area contributed by atoms with E-state index in [0.717, 1.165) is 16.5 Å². The highest BCUT2D eigenvalue weighted by Gasteiger charge is 2.31. The van der Waals surface area contributed by atoms with Gasteiger partial charge in [0.15, 0.2) is 0 Å². The molecular weight excluding hydrogens is 554 g/mol. The van der Waals surface area contributed by atoms with Gasteiger partial charge in [-0.2, -0.15) is 0 Å². The van der Waals surface area contributed by atoms with Crippen LogP contribution < -0.4 is 33.2 Å². The van der Waals surface area contributed by atoms with Crippen molar-refractivity contribution in [3.05, 3.63) is 71.9 Å². The first kappa shape index (κ1) is 32.8. The molecule has 43 heavy (non-hydrogen) atoms. The van der Waals surface area contributed by atoms with Gasteiger partial charge >= 0.3 is 5.97 Å². The van der Waals surface area contributed by atoms with E-state index in [1.165, 1.54) is 0 Å². The Labute approximate surface area is 248 Å². The number of primary amides is 1. The van der Waals surface area contributed by atoms with Crippen LogP contribution in [0.2, 0.25) is 0 Å². The lowest BCUT2D eigenvalue weighted by molar-refractivity contribution is -0.143. The smallest absolute Gasteiger partial charge is 0.326 e. The maximum absolute atomic E-state index is 13.6. The van der Waals surface area contributed by atoms with E-state index >= 15 is 0 Å². The Morgan fingerprint density at radius 2 is 1.42 bits per heavy atom. The first-order valence-corrected chi connectivity index (χ1v) is 14.1. The van der Waals surface area contributed by atoms with Crippen LogP contribution in [0.1, 0.15) is 36.8 Å². The summed E-state index contributed by atoms with van der Waals surface area (Å²) in [4.78, 5) is 66.2. The third-order valence-electron chi connectivity index (χ3n) is 6.97. The van der Waals surface area contributed by atoms with Gasteiger partial charge in [0.1, 0.15) is 18.1 Å². The number of carboxylic acid groups (broad SMARTS) is 1. The number of nitrogens with one attached hydrogen (secondary N) is 4. The molecule has 0 saturated carbocycles. The van der Waals surface area contributed by atoms with Crippen LogP contribution in [-0.2, 0) is 36.8 Å². The normalized spacial score (nSPS) is 13.8. The van der Waals surface area contributed by atoms with Crippen molar-refractivity contribution in [3.8, 4) is 0 Å². The number of carbonyl (C=O) groups is 5. The highest BCUT2D eigenvalue weighted by molar-refractivity contribution is 5.95. The average molecular weight is 594 g/mol. The van der Waals surface area contributed by atoms with E-state index in [4.69, 9.17) is 17.2 Å². The van der Waals surface area contributed by atoms with Crippen molar-refractivity contribution in [1.29, 1.82) is 0 Å². The maximum Gasteiger partial charge on any atom is 0.326 e. The number of para-hydroxylation sites is 1. The third-order valence-corrected chi connectivity index (χ3v) is 6.97. The SMILES string of the molecule is NCCCCC(NC(=O)C(N)Cc1ccccc1)C(=O)NC(Cc1c[nH]c2ccccc12)C(=O)NC(CC(N)=O)C(=O)O. The Balaban J connectivity index is 1.82. The number of hydrogen-bond acceptors (Lipinski definition) is 7. The fourth-order valence-electron chi connectivity index (χ4n) is 4.68. The van der Waals surface area contributed by atoms with Crippen LogP contribution in [-0.4, -0.2) is 70.4 Å². The number of aromatic nitrogens is 1. The molecular formula is C30H39N7O6. The number of carbonyl (C=O) groups excluding carboxylic acids is 4. The number of rotatable bonds is 17. The summed E-state index contributed by atoms with van der Waals surface area (Å²) in [5, 5.41) is 18.0. The molecule has 4 atom stereocenters. The molecule has 1 heterocycles. The topological polar surface area (TPSA) is 236 Å². The molecule has 0 saturated heterocycles. The van der Waals surface area contributed by atoms with E-state index in [2.05, 4.69) is 20.9 Å². The summed E-state index contributed by atoms with van der Waals surface area (Å²) >= 11 is 0. The van der Waals surface area contributed by atoms with Gasteiger partial charge in [0, 0.05) is 23.5 Å². The number of benzene rings is 2. The van der Waals surface area contributed by atoms with Crippen LogP contribution in [0.15, 0.2) is 60.8 Å². The Morgan fingerprint density at radius 3 is 2.09 bits per heavy atom. The van der Waals surface area contributed by atoms with Crippen molar-refractivity contribution in [3.63, 3.8) is 0 Å². The van der Waals surface area contributed by atoms with Crippen molar-refractivity contribution in [2.24, 2.45) is 17.2 Å². The minimum absolute atomic E-state index is 0.0124. The molecule has 0 bridgehead atoms. The number of hydrogen-bond donors (Lipinski definition) is 8. The Bertz CT molecular complexity index is 1410. The number of fused-ring (bicyclic) bond motifs is 1. The molecule has 0 aliphatic heterocycles. The zero-order chi connectivity index (χ0) is 31.4. The molecule has 0 fully saturated rings. The second kappa shape index (κ2) is 16.0. The molecule has 0 aliphatic rings. The summed E-state index contributed by atoms with van der Waals surface area (Å²) in [6.45, 7) is 0.387. The molecule has 4 amide bonds. The van der Waals surface area contributed by atoms with Crippen LogP contribution in [0.3, 0.4) is 0 Å². The molecule has 0 aliphatic carbocycles. The van der Waals surface area contributed by atoms with E-state index in [-0.39, 0.29) is 19.3 Å². The number of carboxylic acids is 1. The molecule has 4 unspecified atom stereocenters. The van der Waals surface area contributed by atoms with Crippen molar-refractivity contribution in [2.45, 2.75) is 62.7 Å². The van der Waals surface area contributed by atoms with Crippen molar-refractivity contribution >= 4 is 40.5 Å². The largest absolute Gasteiger partial charge is 0.480 e. The number of aromatic amines is 1. The van der Waals surface area contributed by atoms with Crippen molar-refractivity contribution in [1.82, 2.24) is 20.9 Å². The fourth-order valence-corrected chi connectivity index (χ4v) is 4.68. The number of nitrogens with two attached hydrogens (primary N) is 3. The lowest BCUT2D eigenvalue weighted by Gasteiger charge is -2.25. The van der Waals surface area contributed by atoms with Gasteiger partial charge in [-0.1, -0.05) is 48.5 Å². The third kappa shape index (κ3) is 9.94. The monoisotopic (exact) mass is 593 g/mol. The van der Waals surface area contributed by atoms with E-state index in [0.29, 0.717) is 24.9 Å². The number of amides is 4.